The molecule has 0 spiro atoms. The van der Waals surface area contributed by atoms with Gasteiger partial charge in [0.15, 0.2) is 0 Å². The van der Waals surface area contributed by atoms with Crippen LogP contribution in [0.4, 0.5) is 5.69 Å². The number of fused-ring (bicyclic) bond motifs is 1. The Labute approximate surface area is 90.8 Å². The van der Waals surface area contributed by atoms with E-state index in [0.29, 0.717) is 0 Å². The third kappa shape index (κ3) is 1.55. The number of aliphatic hydroxyl groups excluding tert-OH is 1. The molecule has 1 aromatic rings. The summed E-state index contributed by atoms with van der Waals surface area (Å²) in [5.74, 6) is 0. The van der Waals surface area contributed by atoms with Gasteiger partial charge < -0.3 is 10.0 Å². The third-order valence-corrected chi connectivity index (χ3v) is 3.17. The van der Waals surface area contributed by atoms with Crippen molar-refractivity contribution < 1.29 is 5.11 Å². The Hall–Kier alpha value is -1.28. The standard InChI is InChI=1S/C13H17NO/c1-13(2)8-10(9-15)11-6-4-5-7-12(11)14(13)3/h4-8,15H,9H2,1-3H3. The van der Waals surface area contributed by atoms with Gasteiger partial charge in [-0.15, -0.1) is 0 Å². The minimum Gasteiger partial charge on any atom is -0.392 e. The molecule has 0 saturated carbocycles. The first-order valence-electron chi connectivity index (χ1n) is 5.22. The number of hydrogen-bond donors (Lipinski definition) is 1. The van der Waals surface area contributed by atoms with E-state index >= 15 is 0 Å². The first-order chi connectivity index (χ1) is 7.06. The largest absolute Gasteiger partial charge is 0.392 e. The van der Waals surface area contributed by atoms with Gasteiger partial charge in [0.1, 0.15) is 0 Å². The second-order valence-electron chi connectivity index (χ2n) is 4.56. The average Bonchev–Trinajstić information content (AvgIpc) is 2.24. The average molecular weight is 203 g/mol. The summed E-state index contributed by atoms with van der Waals surface area (Å²) in [6.07, 6.45) is 2.13. The molecule has 80 valence electrons. The summed E-state index contributed by atoms with van der Waals surface area (Å²) in [6, 6.07) is 8.20. The highest BCUT2D eigenvalue weighted by molar-refractivity contribution is 5.82. The van der Waals surface area contributed by atoms with Gasteiger partial charge in [0.2, 0.25) is 0 Å². The maximum absolute atomic E-state index is 9.37. The smallest absolute Gasteiger partial charge is 0.0686 e. The van der Waals surface area contributed by atoms with Crippen LogP contribution in [0, 0.1) is 0 Å². The quantitative estimate of drug-likeness (QED) is 0.757. The minimum atomic E-state index is -0.0353. The van der Waals surface area contributed by atoms with Crippen LogP contribution in [0.5, 0.6) is 0 Å². The monoisotopic (exact) mass is 203 g/mol. The highest BCUT2D eigenvalue weighted by Crippen LogP contribution is 2.37. The van der Waals surface area contributed by atoms with Crippen LogP contribution >= 0.6 is 0 Å². The number of benzene rings is 1. The molecule has 2 rings (SSSR count). The van der Waals surface area contributed by atoms with Crippen molar-refractivity contribution in [2.45, 2.75) is 19.4 Å². The Kier molecular flexibility index (Phi) is 2.31. The molecule has 1 heterocycles. The zero-order valence-electron chi connectivity index (χ0n) is 9.49. The Morgan fingerprint density at radius 3 is 2.60 bits per heavy atom. The van der Waals surface area contributed by atoms with Gasteiger partial charge in [-0.1, -0.05) is 24.3 Å². The van der Waals surface area contributed by atoms with Crippen LogP contribution in [0.15, 0.2) is 30.3 Å². The lowest BCUT2D eigenvalue weighted by Crippen LogP contribution is -2.42. The molecule has 1 aliphatic heterocycles. The van der Waals surface area contributed by atoms with Gasteiger partial charge in [-0.05, 0) is 25.5 Å². The molecule has 2 nitrogen and oxygen atoms in total. The highest BCUT2D eigenvalue weighted by Gasteiger charge is 2.28. The van der Waals surface area contributed by atoms with Gasteiger partial charge >= 0.3 is 0 Å². The summed E-state index contributed by atoms with van der Waals surface area (Å²) < 4.78 is 0. The third-order valence-electron chi connectivity index (χ3n) is 3.17. The van der Waals surface area contributed by atoms with E-state index in [1.54, 1.807) is 0 Å². The Morgan fingerprint density at radius 2 is 1.93 bits per heavy atom. The minimum absolute atomic E-state index is 0.0353. The van der Waals surface area contributed by atoms with Crippen LogP contribution in [0.25, 0.3) is 5.57 Å². The summed E-state index contributed by atoms with van der Waals surface area (Å²) in [7, 11) is 2.09. The van der Waals surface area contributed by atoms with Crippen molar-refractivity contribution in [3.8, 4) is 0 Å². The predicted octanol–water partition coefficient (Wildman–Crippen LogP) is 2.29. The van der Waals surface area contributed by atoms with Crippen molar-refractivity contribution in [1.82, 2.24) is 0 Å². The SMILES string of the molecule is CN1c2ccccc2C(CO)=CC1(C)C. The molecule has 1 aromatic carbocycles. The zero-order valence-corrected chi connectivity index (χ0v) is 9.49. The topological polar surface area (TPSA) is 23.5 Å². The molecule has 1 aliphatic rings. The summed E-state index contributed by atoms with van der Waals surface area (Å²) >= 11 is 0. The first-order valence-corrected chi connectivity index (χ1v) is 5.22. The highest BCUT2D eigenvalue weighted by atomic mass is 16.3. The van der Waals surface area contributed by atoms with E-state index in [1.165, 1.54) is 5.69 Å². The van der Waals surface area contributed by atoms with Gasteiger partial charge in [0.05, 0.1) is 12.1 Å². The van der Waals surface area contributed by atoms with Crippen LogP contribution in [0.1, 0.15) is 19.4 Å². The fourth-order valence-corrected chi connectivity index (χ4v) is 2.08. The predicted molar refractivity (Wildman–Crippen MR) is 64.0 cm³/mol. The fourth-order valence-electron chi connectivity index (χ4n) is 2.08. The molecule has 15 heavy (non-hydrogen) atoms. The summed E-state index contributed by atoms with van der Waals surface area (Å²) in [6.45, 7) is 4.41. The maximum Gasteiger partial charge on any atom is 0.0686 e. The van der Waals surface area contributed by atoms with Gasteiger partial charge in [-0.2, -0.15) is 0 Å². The van der Waals surface area contributed by atoms with Gasteiger partial charge in [0.25, 0.3) is 0 Å². The van der Waals surface area contributed by atoms with E-state index in [9.17, 15) is 5.11 Å². The van der Waals surface area contributed by atoms with Crippen molar-refractivity contribution in [3.63, 3.8) is 0 Å². The molecule has 1 N–H and O–H groups in total. The number of nitrogens with zero attached hydrogens (tertiary/aromatic N) is 1. The molecule has 0 atom stereocenters. The van der Waals surface area contributed by atoms with Crippen LogP contribution in [0.3, 0.4) is 0 Å². The molecule has 2 heteroatoms. The number of hydrogen-bond acceptors (Lipinski definition) is 2. The summed E-state index contributed by atoms with van der Waals surface area (Å²) in [4.78, 5) is 2.24. The molecule has 0 fully saturated rings. The number of para-hydroxylation sites is 1. The lowest BCUT2D eigenvalue weighted by Gasteiger charge is -2.40. The summed E-state index contributed by atoms with van der Waals surface area (Å²) in [5.41, 5.74) is 3.32. The molecular formula is C13H17NO. The van der Waals surface area contributed by atoms with Gasteiger partial charge in [0, 0.05) is 18.3 Å². The van der Waals surface area contributed by atoms with E-state index in [-0.39, 0.29) is 12.1 Å². The number of rotatable bonds is 1. The Balaban J connectivity index is 2.61. The second-order valence-corrected chi connectivity index (χ2v) is 4.56. The number of anilines is 1. The van der Waals surface area contributed by atoms with Crippen LogP contribution in [-0.2, 0) is 0 Å². The first kappa shape index (κ1) is 10.2. The second kappa shape index (κ2) is 3.38. The van der Waals surface area contributed by atoms with E-state index in [0.717, 1.165) is 11.1 Å². The molecule has 0 saturated heterocycles. The zero-order chi connectivity index (χ0) is 11.1. The van der Waals surface area contributed by atoms with Crippen molar-refractivity contribution >= 4 is 11.3 Å². The van der Waals surface area contributed by atoms with Crippen molar-refractivity contribution in [3.05, 3.63) is 35.9 Å². The molecule has 0 bridgehead atoms. The molecule has 0 aliphatic carbocycles. The van der Waals surface area contributed by atoms with Gasteiger partial charge in [-0.25, -0.2) is 0 Å². The molecular weight excluding hydrogens is 186 g/mol. The van der Waals surface area contributed by atoms with E-state index in [4.69, 9.17) is 0 Å². The normalized spacial score (nSPS) is 18.4. The van der Waals surface area contributed by atoms with Crippen LogP contribution < -0.4 is 4.90 Å². The molecule has 0 unspecified atom stereocenters. The fraction of sp³-hybridized carbons (Fsp3) is 0.385. The number of likely N-dealkylation sites (N-methyl/N-ethyl adjacent to an activating group) is 1. The van der Waals surface area contributed by atoms with Crippen LogP contribution in [0.2, 0.25) is 0 Å². The van der Waals surface area contributed by atoms with Crippen molar-refractivity contribution in [2.75, 3.05) is 18.6 Å². The molecule has 0 radical (unpaired) electrons. The van der Waals surface area contributed by atoms with Gasteiger partial charge in [-0.3, -0.25) is 0 Å². The Bertz CT molecular complexity index is 407. The van der Waals surface area contributed by atoms with E-state index in [1.807, 2.05) is 12.1 Å². The lowest BCUT2D eigenvalue weighted by atomic mass is 9.89. The molecule has 0 aromatic heterocycles. The lowest BCUT2D eigenvalue weighted by molar-refractivity contribution is 0.348. The van der Waals surface area contributed by atoms with Crippen LogP contribution in [-0.4, -0.2) is 24.3 Å². The summed E-state index contributed by atoms with van der Waals surface area (Å²) in [5, 5.41) is 9.37. The van der Waals surface area contributed by atoms with Crippen molar-refractivity contribution in [1.29, 1.82) is 0 Å². The maximum atomic E-state index is 9.37. The van der Waals surface area contributed by atoms with E-state index < -0.39 is 0 Å². The van der Waals surface area contributed by atoms with E-state index in [2.05, 4.69) is 44.0 Å². The van der Waals surface area contributed by atoms with Crippen molar-refractivity contribution in [2.24, 2.45) is 0 Å². The number of aliphatic hydroxyl groups is 1. The molecule has 0 amide bonds. The Morgan fingerprint density at radius 1 is 1.27 bits per heavy atom.